The molecule has 3 atom stereocenters. The summed E-state index contributed by atoms with van der Waals surface area (Å²) in [5.41, 5.74) is 6.99. The summed E-state index contributed by atoms with van der Waals surface area (Å²) in [6.07, 6.45) is 2.91. The maximum Gasteiger partial charge on any atom is 0.225 e. The van der Waals surface area contributed by atoms with Crippen molar-refractivity contribution in [1.82, 2.24) is 5.32 Å². The van der Waals surface area contributed by atoms with Gasteiger partial charge in [0.25, 0.3) is 0 Å². The molecule has 1 aromatic carbocycles. The van der Waals surface area contributed by atoms with Gasteiger partial charge in [0.15, 0.2) is 0 Å². The summed E-state index contributed by atoms with van der Waals surface area (Å²) < 4.78 is 0. The van der Waals surface area contributed by atoms with E-state index in [1.54, 1.807) is 0 Å². The van der Waals surface area contributed by atoms with E-state index in [9.17, 15) is 4.79 Å². The summed E-state index contributed by atoms with van der Waals surface area (Å²) in [6, 6.07) is 7.54. The van der Waals surface area contributed by atoms with Crippen LogP contribution >= 0.6 is 11.6 Å². The molecule has 1 saturated carbocycles. The topological polar surface area (TPSA) is 55.1 Å². The zero-order valence-electron chi connectivity index (χ0n) is 10.5. The number of halogens is 1. The van der Waals surface area contributed by atoms with Crippen molar-refractivity contribution in [2.24, 2.45) is 11.7 Å². The summed E-state index contributed by atoms with van der Waals surface area (Å²) in [5, 5.41) is 3.73. The van der Waals surface area contributed by atoms with E-state index in [1.807, 2.05) is 31.2 Å². The Balaban J connectivity index is 1.96. The van der Waals surface area contributed by atoms with Crippen molar-refractivity contribution in [1.29, 1.82) is 0 Å². The lowest BCUT2D eigenvalue weighted by atomic mass is 10.0. The molecule has 2 unspecified atom stereocenters. The molecule has 2 rings (SSSR count). The van der Waals surface area contributed by atoms with Crippen LogP contribution in [0.4, 0.5) is 0 Å². The molecule has 1 aromatic rings. The van der Waals surface area contributed by atoms with Crippen molar-refractivity contribution in [3.63, 3.8) is 0 Å². The molecular formula is C14H19ClN2O. The van der Waals surface area contributed by atoms with Gasteiger partial charge >= 0.3 is 0 Å². The van der Waals surface area contributed by atoms with Crippen LogP contribution in [0.5, 0.6) is 0 Å². The van der Waals surface area contributed by atoms with E-state index < -0.39 is 0 Å². The van der Waals surface area contributed by atoms with E-state index >= 15 is 0 Å². The van der Waals surface area contributed by atoms with Crippen LogP contribution in [0, 0.1) is 5.92 Å². The number of hydrogen-bond donors (Lipinski definition) is 2. The van der Waals surface area contributed by atoms with E-state index in [4.69, 9.17) is 17.3 Å². The second-order valence-electron chi connectivity index (χ2n) is 4.98. The first-order valence-corrected chi connectivity index (χ1v) is 6.77. The van der Waals surface area contributed by atoms with Crippen molar-refractivity contribution >= 4 is 17.5 Å². The summed E-state index contributed by atoms with van der Waals surface area (Å²) >= 11 is 5.84. The Morgan fingerprint density at radius 1 is 1.39 bits per heavy atom. The van der Waals surface area contributed by atoms with Crippen LogP contribution < -0.4 is 11.1 Å². The lowest BCUT2D eigenvalue weighted by Gasteiger charge is -2.20. The third-order valence-corrected chi connectivity index (χ3v) is 3.89. The largest absolute Gasteiger partial charge is 0.349 e. The number of carbonyl (C=O) groups excluding carboxylic acids is 1. The predicted octanol–water partition coefficient (Wildman–Crippen LogP) is 2.64. The fraction of sp³-hybridized carbons (Fsp3) is 0.500. The van der Waals surface area contributed by atoms with Crippen LogP contribution in [-0.2, 0) is 4.79 Å². The molecule has 0 bridgehead atoms. The van der Waals surface area contributed by atoms with Crippen molar-refractivity contribution in [2.75, 3.05) is 0 Å². The van der Waals surface area contributed by atoms with Crippen LogP contribution in [0.15, 0.2) is 24.3 Å². The first kappa shape index (κ1) is 13.4. The molecule has 1 aliphatic carbocycles. The summed E-state index contributed by atoms with van der Waals surface area (Å²) in [4.78, 5) is 12.1. The van der Waals surface area contributed by atoms with Gasteiger partial charge in [0.05, 0.1) is 12.0 Å². The molecule has 98 valence electrons. The maximum atomic E-state index is 12.1. The molecule has 18 heavy (non-hydrogen) atoms. The predicted molar refractivity (Wildman–Crippen MR) is 73.3 cm³/mol. The average molecular weight is 267 g/mol. The first-order valence-electron chi connectivity index (χ1n) is 6.39. The number of rotatable bonds is 3. The molecule has 4 heteroatoms. The number of benzene rings is 1. The van der Waals surface area contributed by atoms with E-state index in [1.165, 1.54) is 0 Å². The second kappa shape index (κ2) is 5.72. The first-order chi connectivity index (χ1) is 8.58. The summed E-state index contributed by atoms with van der Waals surface area (Å²) in [5.74, 6) is 0.0437. The van der Waals surface area contributed by atoms with Gasteiger partial charge in [0, 0.05) is 11.1 Å². The lowest BCUT2D eigenvalue weighted by Crippen LogP contribution is -2.39. The highest BCUT2D eigenvalue weighted by Crippen LogP contribution is 2.25. The SMILES string of the molecule is C[C@H](NC(=O)C1CCCC1N)c1ccc(Cl)cc1. The molecule has 1 aliphatic rings. The number of nitrogens with two attached hydrogens (primary N) is 1. The fourth-order valence-corrected chi connectivity index (χ4v) is 2.60. The Morgan fingerprint density at radius 3 is 2.61 bits per heavy atom. The Bertz CT molecular complexity index is 418. The number of nitrogens with one attached hydrogen (secondary N) is 1. The highest BCUT2D eigenvalue weighted by atomic mass is 35.5. The van der Waals surface area contributed by atoms with E-state index in [0.717, 1.165) is 24.8 Å². The van der Waals surface area contributed by atoms with E-state index in [2.05, 4.69) is 5.32 Å². The summed E-state index contributed by atoms with van der Waals surface area (Å²) in [7, 11) is 0. The second-order valence-corrected chi connectivity index (χ2v) is 5.42. The van der Waals surface area contributed by atoms with Crippen molar-refractivity contribution in [2.45, 2.75) is 38.3 Å². The van der Waals surface area contributed by atoms with Crippen LogP contribution in [0.2, 0.25) is 5.02 Å². The Hall–Kier alpha value is -1.06. The average Bonchev–Trinajstić information content (AvgIpc) is 2.76. The maximum absolute atomic E-state index is 12.1. The Morgan fingerprint density at radius 2 is 2.06 bits per heavy atom. The van der Waals surface area contributed by atoms with Gasteiger partial charge in [-0.15, -0.1) is 0 Å². The molecule has 0 spiro atoms. The molecule has 0 heterocycles. The molecular weight excluding hydrogens is 248 g/mol. The smallest absolute Gasteiger partial charge is 0.225 e. The van der Waals surface area contributed by atoms with Crippen molar-refractivity contribution in [3.05, 3.63) is 34.9 Å². The highest BCUT2D eigenvalue weighted by Gasteiger charge is 2.30. The number of hydrogen-bond acceptors (Lipinski definition) is 2. The number of amides is 1. The zero-order chi connectivity index (χ0) is 13.1. The van der Waals surface area contributed by atoms with Gasteiger partial charge in [-0.05, 0) is 37.5 Å². The third-order valence-electron chi connectivity index (χ3n) is 3.63. The molecule has 0 aliphatic heterocycles. The minimum absolute atomic E-state index is 0.0115. The monoisotopic (exact) mass is 266 g/mol. The van der Waals surface area contributed by atoms with Crippen molar-refractivity contribution in [3.8, 4) is 0 Å². The van der Waals surface area contributed by atoms with Gasteiger partial charge in [0.1, 0.15) is 0 Å². The standard InChI is InChI=1S/C14H19ClN2O/c1-9(10-5-7-11(15)8-6-10)17-14(18)12-3-2-4-13(12)16/h5-9,12-13H,2-4,16H2,1H3,(H,17,18)/t9-,12?,13?/m0/s1. The van der Waals surface area contributed by atoms with E-state index in [-0.39, 0.29) is 23.9 Å². The molecule has 3 N–H and O–H groups in total. The minimum Gasteiger partial charge on any atom is -0.349 e. The quantitative estimate of drug-likeness (QED) is 0.884. The van der Waals surface area contributed by atoms with E-state index in [0.29, 0.717) is 5.02 Å². The highest BCUT2D eigenvalue weighted by molar-refractivity contribution is 6.30. The van der Waals surface area contributed by atoms with Crippen molar-refractivity contribution < 1.29 is 4.79 Å². The molecule has 0 aromatic heterocycles. The van der Waals surface area contributed by atoms with Gasteiger partial charge in [-0.3, -0.25) is 4.79 Å². The zero-order valence-corrected chi connectivity index (χ0v) is 11.3. The summed E-state index contributed by atoms with van der Waals surface area (Å²) in [6.45, 7) is 1.97. The third kappa shape index (κ3) is 3.03. The number of carbonyl (C=O) groups is 1. The van der Waals surface area contributed by atoms with Crippen LogP contribution in [-0.4, -0.2) is 11.9 Å². The van der Waals surface area contributed by atoms with Crippen LogP contribution in [0.1, 0.15) is 37.8 Å². The Kier molecular flexibility index (Phi) is 4.25. The Labute approximate surface area is 113 Å². The van der Waals surface area contributed by atoms with Gasteiger partial charge in [-0.1, -0.05) is 30.2 Å². The minimum atomic E-state index is -0.0280. The molecule has 0 radical (unpaired) electrons. The molecule has 3 nitrogen and oxygen atoms in total. The molecule has 1 fully saturated rings. The van der Waals surface area contributed by atoms with Crippen LogP contribution in [0.25, 0.3) is 0 Å². The molecule has 0 saturated heterocycles. The lowest BCUT2D eigenvalue weighted by molar-refractivity contribution is -0.125. The van der Waals surface area contributed by atoms with Crippen LogP contribution in [0.3, 0.4) is 0 Å². The fourth-order valence-electron chi connectivity index (χ4n) is 2.47. The van der Waals surface area contributed by atoms with Gasteiger partial charge in [-0.25, -0.2) is 0 Å². The normalized spacial score (nSPS) is 24.8. The molecule has 1 amide bonds. The van der Waals surface area contributed by atoms with Gasteiger partial charge in [-0.2, -0.15) is 0 Å². The van der Waals surface area contributed by atoms with Gasteiger partial charge < -0.3 is 11.1 Å². The van der Waals surface area contributed by atoms with Gasteiger partial charge in [0.2, 0.25) is 5.91 Å².